The van der Waals surface area contributed by atoms with E-state index in [-0.39, 0.29) is 12.7 Å². The number of aromatic hydroxyl groups is 1. The summed E-state index contributed by atoms with van der Waals surface area (Å²) in [6, 6.07) is 0. The van der Waals surface area contributed by atoms with E-state index in [1.165, 1.54) is 0 Å². The van der Waals surface area contributed by atoms with E-state index in [0.29, 0.717) is 11.7 Å². The molecule has 3 heteroatoms. The Morgan fingerprint density at radius 1 is 1.17 bits per heavy atom. The maximum absolute atomic E-state index is 10.1. The highest BCUT2D eigenvalue weighted by molar-refractivity contribution is 5.58. The lowest BCUT2D eigenvalue weighted by molar-refractivity contribution is 0.106. The van der Waals surface area contributed by atoms with Crippen LogP contribution in [0.1, 0.15) is 35.6 Å². The summed E-state index contributed by atoms with van der Waals surface area (Å²) in [4.78, 5) is 0. The Balaban J connectivity index is 2.49. The molecule has 1 aromatic carbocycles. The molecular formula is C15H22O3. The zero-order chi connectivity index (χ0) is 13.4. The SMILES string of the molecule is Cc1c(C)c2c(c(C)c1O)CC(CCO)C(C)O2. The number of fused-ring (bicyclic) bond motifs is 1. The van der Waals surface area contributed by atoms with Crippen molar-refractivity contribution in [1.29, 1.82) is 0 Å². The molecule has 100 valence electrons. The zero-order valence-electron chi connectivity index (χ0n) is 11.6. The van der Waals surface area contributed by atoms with Gasteiger partial charge in [-0.15, -0.1) is 0 Å². The summed E-state index contributed by atoms with van der Waals surface area (Å²) < 4.78 is 6.02. The average Bonchev–Trinajstić information content (AvgIpc) is 2.36. The van der Waals surface area contributed by atoms with Crippen LogP contribution in [0.25, 0.3) is 0 Å². The molecule has 0 fully saturated rings. The van der Waals surface area contributed by atoms with Crippen LogP contribution in [0.15, 0.2) is 0 Å². The number of rotatable bonds is 2. The van der Waals surface area contributed by atoms with E-state index in [4.69, 9.17) is 9.84 Å². The van der Waals surface area contributed by atoms with Crippen molar-refractivity contribution in [3.8, 4) is 11.5 Å². The van der Waals surface area contributed by atoms with E-state index >= 15 is 0 Å². The van der Waals surface area contributed by atoms with Gasteiger partial charge in [0.25, 0.3) is 0 Å². The molecule has 2 N–H and O–H groups in total. The molecule has 1 aliphatic heterocycles. The highest BCUT2D eigenvalue weighted by atomic mass is 16.5. The van der Waals surface area contributed by atoms with Gasteiger partial charge in [0.05, 0.1) is 6.10 Å². The summed E-state index contributed by atoms with van der Waals surface area (Å²) in [5.41, 5.74) is 3.96. The number of aliphatic hydroxyl groups is 1. The molecule has 0 bridgehead atoms. The predicted octanol–water partition coefficient (Wildman–Crippen LogP) is 2.64. The normalized spacial score (nSPS) is 22.5. The molecule has 1 heterocycles. The Labute approximate surface area is 108 Å². The molecule has 0 saturated carbocycles. The lowest BCUT2D eigenvalue weighted by atomic mass is 9.84. The van der Waals surface area contributed by atoms with Crippen molar-refractivity contribution >= 4 is 0 Å². The lowest BCUT2D eigenvalue weighted by Gasteiger charge is -2.34. The van der Waals surface area contributed by atoms with E-state index < -0.39 is 0 Å². The Kier molecular flexibility index (Phi) is 3.53. The summed E-state index contributed by atoms with van der Waals surface area (Å²) >= 11 is 0. The topological polar surface area (TPSA) is 49.7 Å². The van der Waals surface area contributed by atoms with Gasteiger partial charge in [-0.3, -0.25) is 0 Å². The van der Waals surface area contributed by atoms with Crippen molar-refractivity contribution in [1.82, 2.24) is 0 Å². The molecule has 0 saturated heterocycles. The van der Waals surface area contributed by atoms with Crippen LogP contribution < -0.4 is 4.74 Å². The molecule has 2 unspecified atom stereocenters. The van der Waals surface area contributed by atoms with Crippen molar-refractivity contribution in [3.05, 3.63) is 22.3 Å². The Hall–Kier alpha value is -1.22. The summed E-state index contributed by atoms with van der Waals surface area (Å²) in [6.07, 6.45) is 1.73. The Morgan fingerprint density at radius 2 is 1.83 bits per heavy atom. The molecule has 0 aliphatic carbocycles. The van der Waals surface area contributed by atoms with Crippen LogP contribution in [0.2, 0.25) is 0 Å². The Bertz CT molecular complexity index is 466. The van der Waals surface area contributed by atoms with E-state index in [9.17, 15) is 5.11 Å². The monoisotopic (exact) mass is 250 g/mol. The Morgan fingerprint density at radius 3 is 2.44 bits per heavy atom. The second kappa shape index (κ2) is 4.81. The van der Waals surface area contributed by atoms with Gasteiger partial charge in [-0.05, 0) is 57.2 Å². The van der Waals surface area contributed by atoms with E-state index in [0.717, 1.165) is 40.8 Å². The summed E-state index contributed by atoms with van der Waals surface area (Å²) in [6.45, 7) is 8.10. The van der Waals surface area contributed by atoms with E-state index in [1.807, 2.05) is 20.8 Å². The van der Waals surface area contributed by atoms with Crippen molar-refractivity contribution in [2.24, 2.45) is 5.92 Å². The van der Waals surface area contributed by atoms with Crippen LogP contribution in [-0.4, -0.2) is 22.9 Å². The van der Waals surface area contributed by atoms with Crippen LogP contribution in [0.4, 0.5) is 0 Å². The quantitative estimate of drug-likeness (QED) is 0.848. The molecule has 18 heavy (non-hydrogen) atoms. The average molecular weight is 250 g/mol. The maximum atomic E-state index is 10.1. The molecular weight excluding hydrogens is 228 g/mol. The van der Waals surface area contributed by atoms with Crippen molar-refractivity contribution in [2.75, 3.05) is 6.61 Å². The summed E-state index contributed by atoms with van der Waals surface area (Å²) in [5.74, 6) is 1.64. The summed E-state index contributed by atoms with van der Waals surface area (Å²) in [7, 11) is 0. The third kappa shape index (κ3) is 1.97. The second-order valence-corrected chi connectivity index (χ2v) is 5.33. The molecule has 1 aliphatic rings. The zero-order valence-corrected chi connectivity index (χ0v) is 11.6. The number of phenolic OH excluding ortho intramolecular Hbond substituents is 1. The van der Waals surface area contributed by atoms with E-state index in [2.05, 4.69) is 6.92 Å². The van der Waals surface area contributed by atoms with Gasteiger partial charge in [-0.25, -0.2) is 0 Å². The van der Waals surface area contributed by atoms with Gasteiger partial charge < -0.3 is 14.9 Å². The molecule has 0 aromatic heterocycles. The van der Waals surface area contributed by atoms with Crippen molar-refractivity contribution < 1.29 is 14.9 Å². The van der Waals surface area contributed by atoms with E-state index in [1.54, 1.807) is 0 Å². The minimum Gasteiger partial charge on any atom is -0.507 e. The fourth-order valence-electron chi connectivity index (χ4n) is 2.79. The first kappa shape index (κ1) is 13.2. The molecule has 2 rings (SSSR count). The van der Waals surface area contributed by atoms with Crippen molar-refractivity contribution in [2.45, 2.75) is 46.6 Å². The number of aliphatic hydroxyl groups excluding tert-OH is 1. The van der Waals surface area contributed by atoms with Gasteiger partial charge >= 0.3 is 0 Å². The first-order valence-corrected chi connectivity index (χ1v) is 6.56. The van der Waals surface area contributed by atoms with Crippen LogP contribution in [0, 0.1) is 26.7 Å². The van der Waals surface area contributed by atoms with Crippen LogP contribution >= 0.6 is 0 Å². The minimum atomic E-state index is 0.117. The maximum Gasteiger partial charge on any atom is 0.126 e. The highest BCUT2D eigenvalue weighted by Crippen LogP contribution is 2.42. The van der Waals surface area contributed by atoms with Crippen molar-refractivity contribution in [3.63, 3.8) is 0 Å². The highest BCUT2D eigenvalue weighted by Gasteiger charge is 2.30. The number of benzene rings is 1. The van der Waals surface area contributed by atoms with Crippen LogP contribution in [0.3, 0.4) is 0 Å². The van der Waals surface area contributed by atoms with Crippen LogP contribution in [-0.2, 0) is 6.42 Å². The lowest BCUT2D eigenvalue weighted by Crippen LogP contribution is -2.32. The van der Waals surface area contributed by atoms with Gasteiger partial charge in [0, 0.05) is 18.1 Å². The van der Waals surface area contributed by atoms with Gasteiger partial charge in [0.1, 0.15) is 11.5 Å². The first-order valence-electron chi connectivity index (χ1n) is 6.56. The molecule has 0 radical (unpaired) electrons. The minimum absolute atomic E-state index is 0.117. The number of phenols is 1. The fraction of sp³-hybridized carbons (Fsp3) is 0.600. The van der Waals surface area contributed by atoms with Crippen LogP contribution in [0.5, 0.6) is 11.5 Å². The number of hydrogen-bond acceptors (Lipinski definition) is 3. The summed E-state index contributed by atoms with van der Waals surface area (Å²) in [5, 5.41) is 19.2. The molecule has 3 nitrogen and oxygen atoms in total. The molecule has 1 aromatic rings. The molecule has 2 atom stereocenters. The number of ether oxygens (including phenoxy) is 1. The largest absolute Gasteiger partial charge is 0.507 e. The third-order valence-corrected chi connectivity index (χ3v) is 4.27. The molecule has 0 spiro atoms. The first-order chi connectivity index (χ1) is 8.47. The fourth-order valence-corrected chi connectivity index (χ4v) is 2.79. The number of hydrogen-bond donors (Lipinski definition) is 2. The van der Waals surface area contributed by atoms with Gasteiger partial charge in [0.15, 0.2) is 0 Å². The van der Waals surface area contributed by atoms with Gasteiger partial charge in [-0.1, -0.05) is 0 Å². The van der Waals surface area contributed by atoms with Gasteiger partial charge in [-0.2, -0.15) is 0 Å². The third-order valence-electron chi connectivity index (χ3n) is 4.27. The second-order valence-electron chi connectivity index (χ2n) is 5.33. The van der Waals surface area contributed by atoms with Gasteiger partial charge in [0.2, 0.25) is 0 Å². The predicted molar refractivity (Wildman–Crippen MR) is 71.3 cm³/mol. The smallest absolute Gasteiger partial charge is 0.126 e. The standard InChI is InChI=1S/C15H22O3/c1-8-9(2)15-13(10(3)14(8)17)7-12(5-6-16)11(4)18-15/h11-12,16-17H,5-7H2,1-4H3. The molecule has 0 amide bonds.